The third kappa shape index (κ3) is 6.00. The molecule has 0 heterocycles. The molecule has 0 spiro atoms. The highest BCUT2D eigenvalue weighted by Gasteiger charge is 2.46. The van der Waals surface area contributed by atoms with Crippen LogP contribution < -0.4 is 4.90 Å². The van der Waals surface area contributed by atoms with E-state index >= 15 is 0 Å². The number of para-hydroxylation sites is 2. The van der Waals surface area contributed by atoms with Gasteiger partial charge >= 0.3 is 0 Å². The van der Waals surface area contributed by atoms with E-state index in [2.05, 4.69) is 260 Å². The fourth-order valence-electron chi connectivity index (χ4n) is 10.7. The highest BCUT2D eigenvalue weighted by Crippen LogP contribution is 2.58. The molecule has 0 amide bonds. The minimum absolute atomic E-state index is 0.111. The fraction of sp³-hybridized carbons (Fsp3) is 0.0323. The van der Waals surface area contributed by atoms with E-state index in [1.165, 1.54) is 83.5 Å². The van der Waals surface area contributed by atoms with E-state index in [0.29, 0.717) is 0 Å². The minimum Gasteiger partial charge on any atom is -0.311 e. The number of hydrogen-bond donors (Lipinski definition) is 0. The molecule has 0 unspecified atom stereocenters. The third-order valence-corrected chi connectivity index (χ3v) is 13.4. The molecule has 0 bridgehead atoms. The van der Waals surface area contributed by atoms with Crippen LogP contribution in [-0.4, -0.2) is 0 Å². The third-order valence-electron chi connectivity index (χ3n) is 13.4. The van der Waals surface area contributed by atoms with E-state index in [-0.39, 0.29) is 5.92 Å². The molecule has 1 nitrogen and oxygen atoms in total. The first-order chi connectivity index (χ1) is 31.3. The van der Waals surface area contributed by atoms with Crippen molar-refractivity contribution in [2.45, 2.75) is 11.3 Å². The first-order valence-corrected chi connectivity index (χ1v) is 22.0. The van der Waals surface area contributed by atoms with E-state index in [4.69, 9.17) is 0 Å². The maximum absolute atomic E-state index is 2.54. The standard InChI is InChI=1S/C62H43N/c1-5-20-48(21-6-1)62(49-22-7-2-8-23-49)59-31-16-15-29-54(59)55-38-35-47(42-60(55)62)61-56-30-14-13-28-53(56)58-41-46(34-39-57(58)61)45-19-17-18-44(40-45)43-32-36-52(37-33-43)63(50-24-9-3-10-25-50)51-26-11-4-12-27-51/h1-42,61H/t61-/m1/s1. The number of nitrogens with zero attached hydrogens (tertiary/aromatic N) is 1. The molecule has 10 aromatic carbocycles. The smallest absolute Gasteiger partial charge is 0.0713 e. The zero-order valence-corrected chi connectivity index (χ0v) is 34.8. The van der Waals surface area contributed by atoms with Crippen LogP contribution in [0.5, 0.6) is 0 Å². The number of anilines is 3. The predicted molar refractivity (Wildman–Crippen MR) is 262 cm³/mol. The fourth-order valence-corrected chi connectivity index (χ4v) is 10.7. The molecule has 0 N–H and O–H groups in total. The normalized spacial score (nSPS) is 14.0. The molecule has 0 aliphatic heterocycles. The van der Waals surface area contributed by atoms with Crippen LogP contribution in [0.1, 0.15) is 44.9 Å². The molecule has 10 aromatic rings. The quantitative estimate of drug-likeness (QED) is 0.148. The molecule has 296 valence electrons. The second kappa shape index (κ2) is 15.2. The minimum atomic E-state index is -0.441. The Bertz CT molecular complexity index is 3180. The highest BCUT2D eigenvalue weighted by atomic mass is 15.1. The zero-order valence-electron chi connectivity index (χ0n) is 34.8. The lowest BCUT2D eigenvalue weighted by atomic mass is 9.67. The number of hydrogen-bond acceptors (Lipinski definition) is 1. The lowest BCUT2D eigenvalue weighted by Gasteiger charge is -2.34. The summed E-state index contributed by atoms with van der Waals surface area (Å²) in [6.45, 7) is 0. The average molecular weight is 802 g/mol. The van der Waals surface area contributed by atoms with E-state index in [9.17, 15) is 0 Å². The Morgan fingerprint density at radius 2 is 0.778 bits per heavy atom. The number of fused-ring (bicyclic) bond motifs is 6. The first kappa shape index (κ1) is 36.8. The molecule has 2 aliphatic rings. The van der Waals surface area contributed by atoms with E-state index in [0.717, 1.165) is 17.1 Å². The number of benzene rings is 10. The van der Waals surface area contributed by atoms with Gasteiger partial charge in [-0.15, -0.1) is 0 Å². The summed E-state index contributed by atoms with van der Waals surface area (Å²) >= 11 is 0. The SMILES string of the molecule is c1ccc(N(c2ccccc2)c2ccc(-c3cccc(-c4ccc5c(c4)-c4ccccc4[C@H]5c4ccc5c(c4)C(c4ccccc4)(c4ccccc4)c4ccccc4-5)c3)cc2)cc1. The van der Waals surface area contributed by atoms with Crippen LogP contribution in [0.4, 0.5) is 17.1 Å². The summed E-state index contributed by atoms with van der Waals surface area (Å²) in [6, 6.07) is 93.9. The Hall–Kier alpha value is -8.00. The summed E-state index contributed by atoms with van der Waals surface area (Å²) in [4.78, 5) is 2.31. The van der Waals surface area contributed by atoms with Crippen LogP contribution in [0.2, 0.25) is 0 Å². The molecule has 0 saturated carbocycles. The van der Waals surface area contributed by atoms with Gasteiger partial charge in [0.15, 0.2) is 0 Å². The molecule has 0 aromatic heterocycles. The monoisotopic (exact) mass is 801 g/mol. The van der Waals surface area contributed by atoms with Crippen molar-refractivity contribution in [1.82, 2.24) is 0 Å². The molecule has 63 heavy (non-hydrogen) atoms. The maximum atomic E-state index is 2.54. The summed E-state index contributed by atoms with van der Waals surface area (Å²) in [7, 11) is 0. The lowest BCUT2D eigenvalue weighted by Crippen LogP contribution is -2.28. The summed E-state index contributed by atoms with van der Waals surface area (Å²) in [6.07, 6.45) is 0. The van der Waals surface area contributed by atoms with Gasteiger partial charge in [0.1, 0.15) is 0 Å². The Kier molecular flexibility index (Phi) is 8.86. The molecule has 0 saturated heterocycles. The van der Waals surface area contributed by atoms with Gasteiger partial charge in [0, 0.05) is 23.0 Å². The van der Waals surface area contributed by atoms with Gasteiger partial charge in [-0.2, -0.15) is 0 Å². The lowest BCUT2D eigenvalue weighted by molar-refractivity contribution is 0.765. The molecule has 0 fully saturated rings. The van der Waals surface area contributed by atoms with Gasteiger partial charge in [-0.05, 0) is 132 Å². The molecule has 1 atom stereocenters. The van der Waals surface area contributed by atoms with Crippen LogP contribution in [0.15, 0.2) is 255 Å². The molecular weight excluding hydrogens is 759 g/mol. The van der Waals surface area contributed by atoms with Crippen LogP contribution in [-0.2, 0) is 5.41 Å². The topological polar surface area (TPSA) is 3.24 Å². The van der Waals surface area contributed by atoms with Crippen LogP contribution in [0.25, 0.3) is 44.5 Å². The van der Waals surface area contributed by atoms with Crippen LogP contribution in [0.3, 0.4) is 0 Å². The van der Waals surface area contributed by atoms with E-state index in [1.54, 1.807) is 0 Å². The van der Waals surface area contributed by atoms with E-state index < -0.39 is 5.41 Å². The van der Waals surface area contributed by atoms with Gasteiger partial charge in [0.05, 0.1) is 5.41 Å². The second-order valence-electron chi connectivity index (χ2n) is 16.8. The van der Waals surface area contributed by atoms with Gasteiger partial charge in [-0.3, -0.25) is 0 Å². The highest BCUT2D eigenvalue weighted by molar-refractivity contribution is 5.89. The molecule has 0 radical (unpaired) electrons. The predicted octanol–water partition coefficient (Wildman–Crippen LogP) is 16.0. The van der Waals surface area contributed by atoms with Crippen molar-refractivity contribution >= 4 is 17.1 Å². The van der Waals surface area contributed by atoms with Crippen molar-refractivity contribution in [3.63, 3.8) is 0 Å². The zero-order chi connectivity index (χ0) is 41.7. The van der Waals surface area contributed by atoms with E-state index in [1.807, 2.05) is 0 Å². The van der Waals surface area contributed by atoms with Crippen molar-refractivity contribution < 1.29 is 0 Å². The Labute approximate surface area is 369 Å². The molecule has 12 rings (SSSR count). The summed E-state index contributed by atoms with van der Waals surface area (Å²) in [5.41, 5.74) is 22.3. The van der Waals surface area contributed by atoms with Crippen molar-refractivity contribution in [2.75, 3.05) is 4.90 Å². The van der Waals surface area contributed by atoms with Crippen molar-refractivity contribution in [2.24, 2.45) is 0 Å². The molecular formula is C62H43N. The maximum Gasteiger partial charge on any atom is 0.0713 e. The van der Waals surface area contributed by atoms with Gasteiger partial charge in [0.2, 0.25) is 0 Å². The van der Waals surface area contributed by atoms with Crippen molar-refractivity contribution in [3.05, 3.63) is 294 Å². The van der Waals surface area contributed by atoms with Crippen molar-refractivity contribution in [3.8, 4) is 44.5 Å². The Balaban J connectivity index is 0.928. The first-order valence-electron chi connectivity index (χ1n) is 22.0. The van der Waals surface area contributed by atoms with Crippen LogP contribution in [0, 0.1) is 0 Å². The summed E-state index contributed by atoms with van der Waals surface area (Å²) in [5, 5.41) is 0. The summed E-state index contributed by atoms with van der Waals surface area (Å²) in [5.74, 6) is 0.111. The van der Waals surface area contributed by atoms with Crippen molar-refractivity contribution in [1.29, 1.82) is 0 Å². The number of rotatable bonds is 8. The van der Waals surface area contributed by atoms with Crippen LogP contribution >= 0.6 is 0 Å². The van der Waals surface area contributed by atoms with Gasteiger partial charge < -0.3 is 4.90 Å². The summed E-state index contributed by atoms with van der Waals surface area (Å²) < 4.78 is 0. The van der Waals surface area contributed by atoms with Gasteiger partial charge in [-0.25, -0.2) is 0 Å². The Morgan fingerprint density at radius 3 is 1.44 bits per heavy atom. The second-order valence-corrected chi connectivity index (χ2v) is 16.8. The molecule has 2 aliphatic carbocycles. The molecule has 1 heteroatoms. The Morgan fingerprint density at radius 1 is 0.286 bits per heavy atom. The largest absolute Gasteiger partial charge is 0.311 e. The van der Waals surface area contributed by atoms with Gasteiger partial charge in [0.25, 0.3) is 0 Å². The average Bonchev–Trinajstić information content (AvgIpc) is 3.85. The van der Waals surface area contributed by atoms with Gasteiger partial charge in [-0.1, -0.05) is 206 Å².